The highest BCUT2D eigenvalue weighted by Gasteiger charge is 2.32. The third-order valence-corrected chi connectivity index (χ3v) is 7.12. The van der Waals surface area contributed by atoms with E-state index >= 15 is 0 Å². The smallest absolute Gasteiger partial charge is 0.255 e. The van der Waals surface area contributed by atoms with Crippen LogP contribution in [0.2, 0.25) is 0 Å². The van der Waals surface area contributed by atoms with Crippen LogP contribution in [0, 0.1) is 11.8 Å². The number of carbonyl (C=O) groups is 2. The van der Waals surface area contributed by atoms with Gasteiger partial charge in [-0.3, -0.25) is 9.59 Å². The maximum absolute atomic E-state index is 13.1. The Balaban J connectivity index is 1.78. The van der Waals surface area contributed by atoms with Gasteiger partial charge in [0.05, 0.1) is 4.90 Å². The average Bonchev–Trinajstić information content (AvgIpc) is 2.73. The minimum atomic E-state index is -3.67. The maximum atomic E-state index is 13.1. The molecule has 0 spiro atoms. The van der Waals surface area contributed by atoms with E-state index < -0.39 is 15.9 Å². The molecule has 1 aliphatic rings. The first-order valence-electron chi connectivity index (χ1n) is 10.5. The molecule has 2 N–H and O–H groups in total. The van der Waals surface area contributed by atoms with Crippen LogP contribution < -0.4 is 10.6 Å². The monoisotopic (exact) mass is 443 g/mol. The molecule has 2 amide bonds. The number of sulfonamides is 1. The highest BCUT2D eigenvalue weighted by molar-refractivity contribution is 7.89. The molecule has 1 heterocycles. The first-order valence-corrected chi connectivity index (χ1v) is 11.9. The van der Waals surface area contributed by atoms with Crippen LogP contribution >= 0.6 is 0 Å². The molecule has 2 aromatic carbocycles. The molecule has 0 bridgehead atoms. The van der Waals surface area contributed by atoms with Gasteiger partial charge in [0.15, 0.2) is 0 Å². The third kappa shape index (κ3) is 5.71. The summed E-state index contributed by atoms with van der Waals surface area (Å²) in [5, 5.41) is 5.51. The summed E-state index contributed by atoms with van der Waals surface area (Å²) in [6, 6.07) is 12.9. The Morgan fingerprint density at radius 3 is 2.23 bits per heavy atom. The van der Waals surface area contributed by atoms with Crippen LogP contribution in [0.1, 0.15) is 44.0 Å². The molecular weight excluding hydrogens is 414 g/mol. The molecule has 7 nitrogen and oxygen atoms in total. The molecule has 1 aliphatic heterocycles. The second-order valence-electron chi connectivity index (χ2n) is 8.23. The van der Waals surface area contributed by atoms with Gasteiger partial charge in [0, 0.05) is 36.4 Å². The first kappa shape index (κ1) is 23.0. The van der Waals surface area contributed by atoms with Gasteiger partial charge in [-0.1, -0.05) is 32.9 Å². The number of piperidine rings is 1. The largest absolute Gasteiger partial charge is 0.326 e. The van der Waals surface area contributed by atoms with E-state index in [9.17, 15) is 18.0 Å². The number of hydrogen-bond donors (Lipinski definition) is 2. The first-order chi connectivity index (χ1) is 14.7. The molecule has 1 fully saturated rings. The Hall–Kier alpha value is -2.71. The molecule has 8 heteroatoms. The van der Waals surface area contributed by atoms with Crippen molar-refractivity contribution in [2.24, 2.45) is 11.8 Å². The number of rotatable bonds is 6. The molecule has 2 aromatic rings. The molecule has 0 aromatic heterocycles. The summed E-state index contributed by atoms with van der Waals surface area (Å²) in [5.74, 6) is 0.0510. The van der Waals surface area contributed by atoms with Gasteiger partial charge in [-0.25, -0.2) is 8.42 Å². The molecule has 0 radical (unpaired) electrons. The SMILES string of the molecule is CCC(=O)Nc1cccc(NC(=O)c2cccc(S(=O)(=O)N3CC(C)CC(C)C3)c2)c1. The molecule has 0 aliphatic carbocycles. The summed E-state index contributed by atoms with van der Waals surface area (Å²) in [6.45, 7) is 6.84. The molecule has 3 rings (SSSR count). The number of hydrogen-bond acceptors (Lipinski definition) is 4. The van der Waals surface area contributed by atoms with E-state index in [0.717, 1.165) is 6.42 Å². The van der Waals surface area contributed by atoms with Gasteiger partial charge in [-0.15, -0.1) is 0 Å². The molecule has 31 heavy (non-hydrogen) atoms. The molecule has 0 saturated carbocycles. The molecule has 2 atom stereocenters. The number of amides is 2. The van der Waals surface area contributed by atoms with Crippen molar-refractivity contribution >= 4 is 33.2 Å². The lowest BCUT2D eigenvalue weighted by atomic mass is 9.94. The predicted molar refractivity (Wildman–Crippen MR) is 121 cm³/mol. The zero-order valence-corrected chi connectivity index (χ0v) is 18.9. The summed E-state index contributed by atoms with van der Waals surface area (Å²) in [6.07, 6.45) is 1.36. The van der Waals surface area contributed by atoms with E-state index in [2.05, 4.69) is 24.5 Å². The Kier molecular flexibility index (Phi) is 7.12. The van der Waals surface area contributed by atoms with Crippen LogP contribution in [0.4, 0.5) is 11.4 Å². The van der Waals surface area contributed by atoms with E-state index in [1.165, 1.54) is 16.4 Å². The highest BCUT2D eigenvalue weighted by Crippen LogP contribution is 2.27. The summed E-state index contributed by atoms with van der Waals surface area (Å²) < 4.78 is 27.8. The van der Waals surface area contributed by atoms with Crippen molar-refractivity contribution in [3.05, 3.63) is 54.1 Å². The zero-order valence-electron chi connectivity index (χ0n) is 18.1. The van der Waals surface area contributed by atoms with E-state index in [1.807, 2.05) is 0 Å². The van der Waals surface area contributed by atoms with Crippen molar-refractivity contribution in [2.75, 3.05) is 23.7 Å². The predicted octanol–water partition coefficient (Wildman–Crippen LogP) is 3.95. The number of nitrogens with one attached hydrogen (secondary N) is 2. The van der Waals surface area contributed by atoms with Gasteiger partial charge in [0.25, 0.3) is 5.91 Å². The Bertz CT molecular complexity index is 1060. The maximum Gasteiger partial charge on any atom is 0.255 e. The van der Waals surface area contributed by atoms with Crippen LogP contribution in [0.15, 0.2) is 53.4 Å². The highest BCUT2D eigenvalue weighted by atomic mass is 32.2. The van der Waals surface area contributed by atoms with Crippen LogP contribution in [0.3, 0.4) is 0 Å². The fourth-order valence-electron chi connectivity index (χ4n) is 3.88. The Labute approximate surface area is 183 Å². The zero-order chi connectivity index (χ0) is 22.6. The average molecular weight is 444 g/mol. The van der Waals surface area contributed by atoms with Gasteiger partial charge in [0.1, 0.15) is 0 Å². The van der Waals surface area contributed by atoms with Gasteiger partial charge in [-0.2, -0.15) is 4.31 Å². The van der Waals surface area contributed by atoms with Crippen LogP contribution in [-0.2, 0) is 14.8 Å². The summed E-state index contributed by atoms with van der Waals surface area (Å²) >= 11 is 0. The lowest BCUT2D eigenvalue weighted by Crippen LogP contribution is -2.42. The summed E-state index contributed by atoms with van der Waals surface area (Å²) in [7, 11) is -3.67. The van der Waals surface area contributed by atoms with Crippen LogP contribution in [0.25, 0.3) is 0 Å². The van der Waals surface area contributed by atoms with Crippen molar-refractivity contribution in [3.8, 4) is 0 Å². The van der Waals surface area contributed by atoms with Gasteiger partial charge >= 0.3 is 0 Å². The van der Waals surface area contributed by atoms with Crippen molar-refractivity contribution < 1.29 is 18.0 Å². The second kappa shape index (κ2) is 9.62. The quantitative estimate of drug-likeness (QED) is 0.707. The number of nitrogens with zero attached hydrogens (tertiary/aromatic N) is 1. The second-order valence-corrected chi connectivity index (χ2v) is 10.2. The summed E-state index contributed by atoms with van der Waals surface area (Å²) in [4.78, 5) is 24.5. The van der Waals surface area contributed by atoms with E-state index in [-0.39, 0.29) is 16.4 Å². The van der Waals surface area contributed by atoms with Crippen molar-refractivity contribution in [2.45, 2.75) is 38.5 Å². The Morgan fingerprint density at radius 2 is 1.58 bits per heavy atom. The lowest BCUT2D eigenvalue weighted by Gasteiger charge is -2.34. The van der Waals surface area contributed by atoms with Gasteiger partial charge in [-0.05, 0) is 54.7 Å². The van der Waals surface area contributed by atoms with Crippen molar-refractivity contribution in [1.29, 1.82) is 0 Å². The number of benzene rings is 2. The van der Waals surface area contributed by atoms with E-state index in [4.69, 9.17) is 0 Å². The molecule has 1 saturated heterocycles. The summed E-state index contributed by atoms with van der Waals surface area (Å²) in [5.41, 5.74) is 1.34. The fraction of sp³-hybridized carbons (Fsp3) is 0.391. The minimum absolute atomic E-state index is 0.116. The molecular formula is C23H29N3O4S. The van der Waals surface area contributed by atoms with Crippen LogP contribution in [0.5, 0.6) is 0 Å². The normalized spacial score (nSPS) is 19.6. The van der Waals surface area contributed by atoms with Crippen LogP contribution in [-0.4, -0.2) is 37.6 Å². The van der Waals surface area contributed by atoms with Gasteiger partial charge < -0.3 is 10.6 Å². The van der Waals surface area contributed by atoms with Crippen molar-refractivity contribution in [1.82, 2.24) is 4.31 Å². The minimum Gasteiger partial charge on any atom is -0.326 e. The van der Waals surface area contributed by atoms with Gasteiger partial charge in [0.2, 0.25) is 15.9 Å². The Morgan fingerprint density at radius 1 is 0.968 bits per heavy atom. The molecule has 2 unspecified atom stereocenters. The molecule has 166 valence electrons. The lowest BCUT2D eigenvalue weighted by molar-refractivity contribution is -0.115. The van der Waals surface area contributed by atoms with E-state index in [1.54, 1.807) is 43.3 Å². The van der Waals surface area contributed by atoms with E-state index in [0.29, 0.717) is 42.7 Å². The third-order valence-electron chi connectivity index (χ3n) is 5.29. The number of anilines is 2. The number of carbonyl (C=O) groups excluding carboxylic acids is 2. The fourth-order valence-corrected chi connectivity index (χ4v) is 5.60. The standard InChI is InChI=1S/C23H29N3O4S/c1-4-22(27)24-19-8-6-9-20(13-19)25-23(28)18-7-5-10-21(12-18)31(29,30)26-14-16(2)11-17(3)15-26/h5-10,12-13,16-17H,4,11,14-15H2,1-3H3,(H,24,27)(H,25,28). The topological polar surface area (TPSA) is 95.6 Å². The van der Waals surface area contributed by atoms with Crippen molar-refractivity contribution in [3.63, 3.8) is 0 Å².